The van der Waals surface area contributed by atoms with Gasteiger partial charge >= 0.3 is 0 Å². The van der Waals surface area contributed by atoms with Crippen molar-refractivity contribution in [1.29, 1.82) is 0 Å². The smallest absolute Gasteiger partial charge is 0.210 e. The van der Waals surface area contributed by atoms with Gasteiger partial charge in [-0.1, -0.05) is 35.2 Å². The topological polar surface area (TPSA) is 47.0 Å². The Kier molecular flexibility index (Phi) is 5.27. The van der Waals surface area contributed by atoms with Crippen molar-refractivity contribution >= 4 is 33.9 Å². The fourth-order valence-electron chi connectivity index (χ4n) is 1.92. The lowest BCUT2D eigenvalue weighted by Crippen LogP contribution is -1.91. The molecule has 1 heterocycles. The molecule has 0 aliphatic heterocycles. The molecule has 0 aliphatic rings. The second kappa shape index (κ2) is 7.59. The van der Waals surface area contributed by atoms with Crippen LogP contribution in [0.1, 0.15) is 5.56 Å². The highest BCUT2D eigenvalue weighted by Crippen LogP contribution is 2.31. The van der Waals surface area contributed by atoms with Gasteiger partial charge < -0.3 is 10.1 Å². The largest absolute Gasteiger partial charge is 0.497 e. The molecule has 0 atom stereocenters. The SMILES string of the molecule is COc1ccc(Nc2nnc(SCc3cccc(F)c3F)s2)cc1. The fraction of sp³-hybridized carbons (Fsp3) is 0.125. The zero-order chi connectivity index (χ0) is 16.9. The average Bonchev–Trinajstić information content (AvgIpc) is 3.04. The molecule has 0 unspecified atom stereocenters. The van der Waals surface area contributed by atoms with E-state index in [-0.39, 0.29) is 0 Å². The summed E-state index contributed by atoms with van der Waals surface area (Å²) in [6.07, 6.45) is 0. The molecular weight excluding hydrogens is 352 g/mol. The Morgan fingerprint density at radius 3 is 2.67 bits per heavy atom. The Morgan fingerprint density at radius 1 is 1.12 bits per heavy atom. The van der Waals surface area contributed by atoms with Crippen LogP contribution in [-0.4, -0.2) is 17.3 Å². The third-order valence-corrected chi connectivity index (χ3v) is 5.15. The van der Waals surface area contributed by atoms with Crippen LogP contribution in [0.2, 0.25) is 0 Å². The molecule has 0 bridgehead atoms. The number of ether oxygens (including phenoxy) is 1. The van der Waals surface area contributed by atoms with Gasteiger partial charge in [-0.05, 0) is 30.3 Å². The number of hydrogen-bond donors (Lipinski definition) is 1. The van der Waals surface area contributed by atoms with Crippen LogP contribution < -0.4 is 10.1 Å². The van der Waals surface area contributed by atoms with Gasteiger partial charge in [0.05, 0.1) is 7.11 Å². The Bertz CT molecular complexity index is 824. The number of halogens is 2. The first-order chi connectivity index (χ1) is 11.7. The minimum atomic E-state index is -0.841. The summed E-state index contributed by atoms with van der Waals surface area (Å²) in [5.41, 5.74) is 1.17. The van der Waals surface area contributed by atoms with Gasteiger partial charge in [0.15, 0.2) is 16.0 Å². The second-order valence-corrected chi connectivity index (χ2v) is 6.93. The first-order valence-corrected chi connectivity index (χ1v) is 8.76. The number of methoxy groups -OCH3 is 1. The number of aromatic nitrogens is 2. The molecule has 0 amide bonds. The van der Waals surface area contributed by atoms with E-state index >= 15 is 0 Å². The molecule has 0 fully saturated rings. The number of rotatable bonds is 6. The van der Waals surface area contributed by atoms with Crippen LogP contribution in [0.3, 0.4) is 0 Å². The van der Waals surface area contributed by atoms with E-state index in [0.29, 0.717) is 20.8 Å². The molecule has 0 saturated heterocycles. The van der Waals surface area contributed by atoms with Crippen molar-refractivity contribution in [2.24, 2.45) is 0 Å². The minimum absolute atomic E-state index is 0.292. The van der Waals surface area contributed by atoms with Crippen molar-refractivity contribution in [1.82, 2.24) is 10.2 Å². The number of thioether (sulfide) groups is 1. The third-order valence-electron chi connectivity index (χ3n) is 3.13. The van der Waals surface area contributed by atoms with Crippen molar-refractivity contribution in [2.75, 3.05) is 12.4 Å². The lowest BCUT2D eigenvalue weighted by atomic mass is 10.2. The molecule has 1 aromatic heterocycles. The predicted octanol–water partition coefficient (Wildman–Crippen LogP) is 4.86. The summed E-state index contributed by atoms with van der Waals surface area (Å²) >= 11 is 2.66. The Hall–Kier alpha value is -2.19. The van der Waals surface area contributed by atoms with Crippen LogP contribution >= 0.6 is 23.1 Å². The summed E-state index contributed by atoms with van der Waals surface area (Å²) in [6, 6.07) is 11.6. The molecule has 0 aliphatic carbocycles. The quantitative estimate of drug-likeness (QED) is 0.632. The maximum absolute atomic E-state index is 13.6. The zero-order valence-electron chi connectivity index (χ0n) is 12.6. The van der Waals surface area contributed by atoms with Gasteiger partial charge in [0.25, 0.3) is 0 Å². The van der Waals surface area contributed by atoms with E-state index in [2.05, 4.69) is 15.5 Å². The van der Waals surface area contributed by atoms with E-state index < -0.39 is 11.6 Å². The standard InChI is InChI=1S/C16H13F2N3OS2/c1-22-12-7-5-11(6-8-12)19-15-20-21-16(24-15)23-9-10-3-2-4-13(17)14(10)18/h2-8H,9H2,1H3,(H,19,20). The molecule has 1 N–H and O–H groups in total. The number of benzene rings is 2. The fourth-order valence-corrected chi connectivity index (χ4v) is 3.66. The molecule has 3 aromatic rings. The Labute approximate surface area is 145 Å². The summed E-state index contributed by atoms with van der Waals surface area (Å²) in [4.78, 5) is 0. The van der Waals surface area contributed by atoms with Crippen LogP contribution in [0.15, 0.2) is 46.8 Å². The predicted molar refractivity (Wildman–Crippen MR) is 92.1 cm³/mol. The second-order valence-electron chi connectivity index (χ2n) is 4.73. The molecule has 8 heteroatoms. The van der Waals surface area contributed by atoms with E-state index in [1.807, 2.05) is 24.3 Å². The molecule has 3 rings (SSSR count). The normalized spacial score (nSPS) is 10.6. The first kappa shape index (κ1) is 16.7. The van der Waals surface area contributed by atoms with Crippen LogP contribution in [0.25, 0.3) is 0 Å². The lowest BCUT2D eigenvalue weighted by Gasteiger charge is -2.03. The number of nitrogens with zero attached hydrogens (tertiary/aromatic N) is 2. The minimum Gasteiger partial charge on any atom is -0.497 e. The van der Waals surface area contributed by atoms with E-state index in [1.54, 1.807) is 13.2 Å². The number of anilines is 2. The molecule has 124 valence electrons. The highest BCUT2D eigenvalue weighted by molar-refractivity contribution is 8.00. The molecule has 4 nitrogen and oxygen atoms in total. The molecule has 2 aromatic carbocycles. The lowest BCUT2D eigenvalue weighted by molar-refractivity contribution is 0.415. The molecule has 0 spiro atoms. The maximum Gasteiger partial charge on any atom is 0.210 e. The van der Waals surface area contributed by atoms with Crippen LogP contribution in [0.4, 0.5) is 19.6 Å². The van der Waals surface area contributed by atoms with Crippen molar-refractivity contribution in [3.8, 4) is 5.75 Å². The third kappa shape index (κ3) is 4.01. The first-order valence-electron chi connectivity index (χ1n) is 6.96. The Balaban J connectivity index is 1.61. The van der Waals surface area contributed by atoms with E-state index in [4.69, 9.17) is 4.74 Å². The van der Waals surface area contributed by atoms with Crippen molar-refractivity contribution in [3.05, 3.63) is 59.7 Å². The average molecular weight is 365 g/mol. The van der Waals surface area contributed by atoms with Gasteiger partial charge in [0.1, 0.15) is 5.75 Å². The molecule has 24 heavy (non-hydrogen) atoms. The Morgan fingerprint density at radius 2 is 1.92 bits per heavy atom. The molecule has 0 radical (unpaired) electrons. The summed E-state index contributed by atoms with van der Waals surface area (Å²) in [7, 11) is 1.61. The highest BCUT2D eigenvalue weighted by atomic mass is 32.2. The van der Waals surface area contributed by atoms with Crippen LogP contribution in [-0.2, 0) is 5.75 Å². The zero-order valence-corrected chi connectivity index (χ0v) is 14.3. The van der Waals surface area contributed by atoms with Crippen molar-refractivity contribution in [3.63, 3.8) is 0 Å². The number of nitrogens with one attached hydrogen (secondary N) is 1. The maximum atomic E-state index is 13.6. The highest BCUT2D eigenvalue weighted by Gasteiger charge is 2.10. The summed E-state index contributed by atoms with van der Waals surface area (Å²) in [5, 5.41) is 11.8. The van der Waals surface area contributed by atoms with Crippen molar-refractivity contribution in [2.45, 2.75) is 10.1 Å². The monoisotopic (exact) mass is 365 g/mol. The summed E-state index contributed by atoms with van der Waals surface area (Å²) in [6.45, 7) is 0. The van der Waals surface area contributed by atoms with Gasteiger partial charge in [-0.2, -0.15) is 0 Å². The summed E-state index contributed by atoms with van der Waals surface area (Å²) in [5.74, 6) is -0.592. The molecule has 0 saturated carbocycles. The van der Waals surface area contributed by atoms with E-state index in [9.17, 15) is 8.78 Å². The van der Waals surface area contributed by atoms with Crippen molar-refractivity contribution < 1.29 is 13.5 Å². The van der Waals surface area contributed by atoms with Crippen LogP contribution in [0, 0.1) is 11.6 Å². The van der Waals surface area contributed by atoms with Gasteiger partial charge in [0, 0.05) is 17.0 Å². The molecular formula is C16H13F2N3OS2. The van der Waals surface area contributed by atoms with Gasteiger partial charge in [-0.15, -0.1) is 10.2 Å². The summed E-state index contributed by atoms with van der Waals surface area (Å²) < 4.78 is 32.6. The van der Waals surface area contributed by atoms with Gasteiger partial charge in [-0.3, -0.25) is 0 Å². The van der Waals surface area contributed by atoms with E-state index in [1.165, 1.54) is 29.2 Å². The van der Waals surface area contributed by atoms with Gasteiger partial charge in [-0.25, -0.2) is 8.78 Å². The van der Waals surface area contributed by atoms with Crippen LogP contribution in [0.5, 0.6) is 5.75 Å². The number of hydrogen-bond acceptors (Lipinski definition) is 6. The van der Waals surface area contributed by atoms with Gasteiger partial charge in [0.2, 0.25) is 5.13 Å². The van der Waals surface area contributed by atoms with E-state index in [0.717, 1.165) is 17.5 Å².